The summed E-state index contributed by atoms with van der Waals surface area (Å²) in [5.41, 5.74) is 1.75. The van der Waals surface area contributed by atoms with Crippen molar-refractivity contribution < 1.29 is 13.2 Å². The summed E-state index contributed by atoms with van der Waals surface area (Å²) in [6.45, 7) is 5.69. The van der Waals surface area contributed by atoms with Crippen molar-refractivity contribution in [2.45, 2.75) is 39.4 Å². The molecule has 1 aromatic rings. The van der Waals surface area contributed by atoms with Gasteiger partial charge in [-0.25, -0.2) is 0 Å². The Morgan fingerprint density at radius 2 is 1.83 bits per heavy atom. The maximum atomic E-state index is 13.1. The lowest BCUT2D eigenvalue weighted by Crippen LogP contribution is -2.35. The number of nitrogens with one attached hydrogen (secondary N) is 1. The molecule has 0 saturated heterocycles. The first-order valence-electron chi connectivity index (χ1n) is 5.84. The van der Waals surface area contributed by atoms with Crippen LogP contribution in [0.15, 0.2) is 16.6 Å². The largest absolute Gasteiger partial charge is 0.407 e. The quantitative estimate of drug-likeness (QED) is 0.849. The summed E-state index contributed by atoms with van der Waals surface area (Å²) >= 11 is 3.33. The zero-order valence-electron chi connectivity index (χ0n) is 10.7. The maximum absolute atomic E-state index is 13.1. The van der Waals surface area contributed by atoms with Crippen LogP contribution < -0.4 is 5.32 Å². The summed E-state index contributed by atoms with van der Waals surface area (Å²) in [5, 5.41) is 2.57. The van der Waals surface area contributed by atoms with Crippen molar-refractivity contribution in [3.63, 3.8) is 0 Å². The smallest absolute Gasteiger partial charge is 0.302 e. The Labute approximate surface area is 114 Å². The van der Waals surface area contributed by atoms with Crippen LogP contribution in [0.1, 0.15) is 36.1 Å². The molecule has 1 N–H and O–H groups in total. The molecular formula is C13H17BrF3N. The molecule has 1 nitrogen and oxygen atoms in total. The van der Waals surface area contributed by atoms with E-state index < -0.39 is 12.2 Å². The Hall–Kier alpha value is -0.550. The summed E-state index contributed by atoms with van der Waals surface area (Å²) in [5.74, 6) is 0. The van der Waals surface area contributed by atoms with Crippen LogP contribution >= 0.6 is 15.9 Å². The molecule has 1 unspecified atom stereocenters. The van der Waals surface area contributed by atoms with E-state index >= 15 is 0 Å². The first-order valence-corrected chi connectivity index (χ1v) is 6.63. The van der Waals surface area contributed by atoms with Crippen LogP contribution in [0.25, 0.3) is 0 Å². The first kappa shape index (κ1) is 15.5. The van der Waals surface area contributed by atoms with Gasteiger partial charge in [-0.3, -0.25) is 0 Å². The van der Waals surface area contributed by atoms with Crippen molar-refractivity contribution in [2.75, 3.05) is 6.54 Å². The summed E-state index contributed by atoms with van der Waals surface area (Å²) in [7, 11) is 0. The minimum atomic E-state index is -4.28. The van der Waals surface area contributed by atoms with E-state index in [2.05, 4.69) is 21.2 Å². The van der Waals surface area contributed by atoms with Crippen molar-refractivity contribution in [1.29, 1.82) is 0 Å². The second-order valence-corrected chi connectivity index (χ2v) is 5.24. The first-order chi connectivity index (χ1) is 8.27. The fourth-order valence-electron chi connectivity index (χ4n) is 1.80. The number of halogens is 4. The zero-order chi connectivity index (χ0) is 13.9. The Morgan fingerprint density at radius 3 is 2.33 bits per heavy atom. The fourth-order valence-corrected chi connectivity index (χ4v) is 2.26. The molecule has 5 heteroatoms. The third kappa shape index (κ3) is 3.72. The van der Waals surface area contributed by atoms with Gasteiger partial charge in [0.15, 0.2) is 0 Å². The summed E-state index contributed by atoms with van der Waals surface area (Å²) in [4.78, 5) is 0. The van der Waals surface area contributed by atoms with Crippen LogP contribution in [0, 0.1) is 13.8 Å². The molecule has 0 saturated carbocycles. The van der Waals surface area contributed by atoms with E-state index in [-0.39, 0.29) is 0 Å². The van der Waals surface area contributed by atoms with Gasteiger partial charge in [0.25, 0.3) is 0 Å². The topological polar surface area (TPSA) is 12.0 Å². The third-order valence-electron chi connectivity index (χ3n) is 2.78. The lowest BCUT2D eigenvalue weighted by atomic mass is 9.98. The third-order valence-corrected chi connectivity index (χ3v) is 3.64. The minimum Gasteiger partial charge on any atom is -0.302 e. The molecule has 1 aromatic carbocycles. The van der Waals surface area contributed by atoms with Gasteiger partial charge in [-0.15, -0.1) is 0 Å². The molecule has 0 bridgehead atoms. The molecule has 1 atom stereocenters. The van der Waals surface area contributed by atoms with E-state index in [0.717, 1.165) is 10.0 Å². The molecule has 0 fully saturated rings. The molecule has 0 amide bonds. The van der Waals surface area contributed by atoms with Crippen LogP contribution in [0.5, 0.6) is 0 Å². The molecule has 0 aliphatic rings. The molecule has 0 aromatic heterocycles. The van der Waals surface area contributed by atoms with Crippen molar-refractivity contribution in [3.8, 4) is 0 Å². The molecule has 0 radical (unpaired) electrons. The van der Waals surface area contributed by atoms with Crippen LogP contribution in [0.2, 0.25) is 0 Å². The average Bonchev–Trinajstić information content (AvgIpc) is 2.24. The van der Waals surface area contributed by atoms with Crippen molar-refractivity contribution in [3.05, 3.63) is 33.3 Å². The van der Waals surface area contributed by atoms with Crippen LogP contribution in [0.3, 0.4) is 0 Å². The second kappa shape index (κ2) is 6.06. The molecule has 0 aliphatic heterocycles. The van der Waals surface area contributed by atoms with Gasteiger partial charge >= 0.3 is 6.18 Å². The van der Waals surface area contributed by atoms with Gasteiger partial charge in [0.05, 0.1) is 0 Å². The fraction of sp³-hybridized carbons (Fsp3) is 0.538. The van der Waals surface area contributed by atoms with Crippen molar-refractivity contribution >= 4 is 15.9 Å². The Kier molecular flexibility index (Phi) is 5.22. The molecule has 18 heavy (non-hydrogen) atoms. The lowest BCUT2D eigenvalue weighted by Gasteiger charge is -2.24. The number of alkyl halides is 3. The number of hydrogen-bond acceptors (Lipinski definition) is 1. The van der Waals surface area contributed by atoms with Gasteiger partial charge in [-0.2, -0.15) is 13.2 Å². The number of aryl methyl sites for hydroxylation is 2. The highest BCUT2D eigenvalue weighted by atomic mass is 79.9. The monoisotopic (exact) mass is 323 g/mol. The van der Waals surface area contributed by atoms with E-state index in [1.54, 1.807) is 26.0 Å². The lowest BCUT2D eigenvalue weighted by molar-refractivity contribution is -0.157. The van der Waals surface area contributed by atoms with Crippen molar-refractivity contribution in [2.24, 2.45) is 0 Å². The van der Waals surface area contributed by atoms with Gasteiger partial charge in [-0.1, -0.05) is 28.9 Å². The second-order valence-electron chi connectivity index (χ2n) is 4.39. The molecule has 102 valence electrons. The van der Waals surface area contributed by atoms with E-state index in [9.17, 15) is 13.2 Å². The number of rotatable bonds is 4. The molecule has 0 heterocycles. The van der Waals surface area contributed by atoms with Gasteiger partial charge in [0.1, 0.15) is 6.04 Å². The SMILES string of the molecule is CCCNC(c1cc(C)c(Br)cc1C)C(F)(F)F. The minimum absolute atomic E-state index is 0.302. The highest BCUT2D eigenvalue weighted by Crippen LogP contribution is 2.36. The Bertz CT molecular complexity index is 415. The molecule has 0 aliphatic carbocycles. The van der Waals surface area contributed by atoms with Gasteiger partial charge in [0.2, 0.25) is 0 Å². The zero-order valence-corrected chi connectivity index (χ0v) is 12.2. The predicted octanol–water partition coefficient (Wildman–Crippen LogP) is 4.67. The summed E-state index contributed by atoms with van der Waals surface area (Å²) < 4.78 is 40.0. The van der Waals surface area contributed by atoms with E-state index in [4.69, 9.17) is 0 Å². The van der Waals surface area contributed by atoms with Gasteiger partial charge < -0.3 is 5.32 Å². The molecule has 1 rings (SSSR count). The van der Waals surface area contributed by atoms with E-state index in [1.807, 2.05) is 6.92 Å². The summed E-state index contributed by atoms with van der Waals surface area (Å²) in [6, 6.07) is 1.74. The van der Waals surface area contributed by atoms with E-state index in [0.29, 0.717) is 24.1 Å². The molecule has 0 spiro atoms. The number of benzene rings is 1. The van der Waals surface area contributed by atoms with Gasteiger partial charge in [0, 0.05) is 4.47 Å². The Morgan fingerprint density at radius 1 is 1.22 bits per heavy atom. The highest BCUT2D eigenvalue weighted by molar-refractivity contribution is 9.10. The molecular weight excluding hydrogens is 307 g/mol. The normalized spacial score (nSPS) is 13.7. The van der Waals surface area contributed by atoms with E-state index in [1.165, 1.54) is 0 Å². The number of hydrogen-bond donors (Lipinski definition) is 1. The van der Waals surface area contributed by atoms with Crippen molar-refractivity contribution in [1.82, 2.24) is 5.32 Å². The predicted molar refractivity (Wildman–Crippen MR) is 70.7 cm³/mol. The maximum Gasteiger partial charge on any atom is 0.407 e. The summed E-state index contributed by atoms with van der Waals surface area (Å²) in [6.07, 6.45) is -3.61. The average molecular weight is 324 g/mol. The highest BCUT2D eigenvalue weighted by Gasteiger charge is 2.41. The van der Waals surface area contributed by atoms with Crippen LogP contribution in [0.4, 0.5) is 13.2 Å². The van der Waals surface area contributed by atoms with Crippen LogP contribution in [-0.2, 0) is 0 Å². The van der Waals surface area contributed by atoms with Gasteiger partial charge in [-0.05, 0) is 49.6 Å². The Balaban J connectivity index is 3.16. The standard InChI is InChI=1S/C13H17BrF3N/c1-4-5-18-12(13(15,16)17)10-6-9(3)11(14)7-8(10)2/h6-7,12,18H,4-5H2,1-3H3. The van der Waals surface area contributed by atoms with Crippen LogP contribution in [-0.4, -0.2) is 12.7 Å².